The van der Waals surface area contributed by atoms with Crippen molar-refractivity contribution in [1.29, 1.82) is 0 Å². The summed E-state index contributed by atoms with van der Waals surface area (Å²) in [5.41, 5.74) is 1.79. The Morgan fingerprint density at radius 1 is 0.935 bits per heavy atom. The van der Waals surface area contributed by atoms with Crippen molar-refractivity contribution in [3.63, 3.8) is 0 Å². The van der Waals surface area contributed by atoms with Crippen LogP contribution < -0.4 is 5.32 Å². The molecule has 0 bridgehead atoms. The molecule has 1 aliphatic carbocycles. The molecule has 4 rings (SSSR count). The molecule has 0 spiro atoms. The number of hydrogen-bond donors (Lipinski definition) is 1. The number of benzene rings is 1. The minimum Gasteiger partial charge on any atom is -0.358 e. The third kappa shape index (κ3) is 3.86. The summed E-state index contributed by atoms with van der Waals surface area (Å²) < 4.78 is 0. The Morgan fingerprint density at radius 3 is 2.29 bits per heavy atom. The number of likely N-dealkylation sites (tertiary alicyclic amines) is 1. The summed E-state index contributed by atoms with van der Waals surface area (Å²) in [6, 6.07) is 14.2. The first-order valence-corrected chi connectivity index (χ1v) is 11.5. The Bertz CT molecular complexity index is 919. The van der Waals surface area contributed by atoms with Gasteiger partial charge in [-0.15, -0.1) is 0 Å². The molecule has 1 aromatic heterocycles. The smallest absolute Gasteiger partial charge is 0.233 e. The number of carbonyl (C=O) groups excluding carboxylic acids is 2. The van der Waals surface area contributed by atoms with Crippen LogP contribution in [0.25, 0.3) is 0 Å². The zero-order valence-corrected chi connectivity index (χ0v) is 18.7. The van der Waals surface area contributed by atoms with Gasteiger partial charge in [-0.05, 0) is 50.3 Å². The maximum absolute atomic E-state index is 14.2. The van der Waals surface area contributed by atoms with Crippen LogP contribution in [-0.2, 0) is 20.4 Å². The van der Waals surface area contributed by atoms with E-state index in [-0.39, 0.29) is 11.8 Å². The van der Waals surface area contributed by atoms with Crippen molar-refractivity contribution in [2.24, 2.45) is 0 Å². The largest absolute Gasteiger partial charge is 0.358 e. The van der Waals surface area contributed by atoms with Gasteiger partial charge < -0.3 is 10.2 Å². The van der Waals surface area contributed by atoms with E-state index >= 15 is 0 Å². The number of nitrogens with zero attached hydrogens (tertiary/aromatic N) is 2. The van der Waals surface area contributed by atoms with E-state index in [2.05, 4.69) is 41.5 Å². The summed E-state index contributed by atoms with van der Waals surface area (Å²) in [6.07, 6.45) is 8.28. The number of likely N-dealkylation sites (N-methyl/N-ethyl adjacent to an activating group) is 1. The molecule has 1 saturated carbocycles. The van der Waals surface area contributed by atoms with Gasteiger partial charge in [0.1, 0.15) is 5.41 Å². The second kappa shape index (κ2) is 8.81. The van der Waals surface area contributed by atoms with E-state index in [9.17, 15) is 9.59 Å². The van der Waals surface area contributed by atoms with E-state index in [0.717, 1.165) is 43.4 Å². The minimum atomic E-state index is -0.799. The SMILES string of the molecule is CNC(=O)[C@]1(c2ccccn2)CCCN(C(=O)C2(c3ccc(C)cc3)CCCCC2)C1. The van der Waals surface area contributed by atoms with E-state index in [1.165, 1.54) is 12.0 Å². The molecule has 5 nitrogen and oxygen atoms in total. The van der Waals surface area contributed by atoms with E-state index in [1.807, 2.05) is 23.1 Å². The van der Waals surface area contributed by atoms with Crippen LogP contribution in [0.15, 0.2) is 48.7 Å². The van der Waals surface area contributed by atoms with Gasteiger partial charge in [-0.3, -0.25) is 14.6 Å². The molecule has 2 fully saturated rings. The molecule has 2 amide bonds. The molecule has 5 heteroatoms. The molecule has 2 heterocycles. The summed E-state index contributed by atoms with van der Waals surface area (Å²) in [7, 11) is 1.67. The highest BCUT2D eigenvalue weighted by molar-refractivity contribution is 5.92. The van der Waals surface area contributed by atoms with Crippen molar-refractivity contribution in [1.82, 2.24) is 15.2 Å². The number of aryl methyl sites for hydroxylation is 1. The summed E-state index contributed by atoms with van der Waals surface area (Å²) >= 11 is 0. The number of piperidine rings is 1. The monoisotopic (exact) mass is 419 g/mol. The van der Waals surface area contributed by atoms with Crippen molar-refractivity contribution in [2.45, 2.75) is 62.7 Å². The van der Waals surface area contributed by atoms with Crippen molar-refractivity contribution in [3.05, 3.63) is 65.5 Å². The Balaban J connectivity index is 1.71. The standard InChI is InChI=1S/C26H33N3O2/c1-20-10-12-21(13-11-20)25(14-5-3-6-15-25)24(31)29-18-8-16-26(19-29,23(30)27-2)22-9-4-7-17-28-22/h4,7,9-13,17H,3,5-6,8,14-16,18-19H2,1-2H3,(H,27,30)/t26-/m1/s1. The van der Waals surface area contributed by atoms with Gasteiger partial charge in [0.15, 0.2) is 0 Å². The topological polar surface area (TPSA) is 62.3 Å². The first-order valence-electron chi connectivity index (χ1n) is 11.5. The second-order valence-electron chi connectivity index (χ2n) is 9.22. The van der Waals surface area contributed by atoms with Gasteiger partial charge in [0.2, 0.25) is 11.8 Å². The minimum absolute atomic E-state index is 0.0586. The highest BCUT2D eigenvalue weighted by Crippen LogP contribution is 2.43. The van der Waals surface area contributed by atoms with Crippen molar-refractivity contribution >= 4 is 11.8 Å². The lowest BCUT2D eigenvalue weighted by atomic mass is 9.67. The normalized spacial score (nSPS) is 23.2. The fourth-order valence-electron chi connectivity index (χ4n) is 5.58. The van der Waals surface area contributed by atoms with Crippen molar-refractivity contribution in [3.8, 4) is 0 Å². The maximum Gasteiger partial charge on any atom is 0.233 e. The predicted octanol–water partition coefficient (Wildman–Crippen LogP) is 3.90. The summed E-state index contributed by atoms with van der Waals surface area (Å²) in [6.45, 7) is 3.16. The Labute approximate surface area is 185 Å². The third-order valence-corrected chi connectivity index (χ3v) is 7.32. The zero-order chi connectivity index (χ0) is 21.9. The quantitative estimate of drug-likeness (QED) is 0.818. The number of pyridine rings is 1. The molecule has 31 heavy (non-hydrogen) atoms. The number of nitrogens with one attached hydrogen (secondary N) is 1. The van der Waals surface area contributed by atoms with E-state index in [1.54, 1.807) is 13.2 Å². The molecule has 1 aliphatic heterocycles. The van der Waals surface area contributed by atoms with Crippen molar-refractivity contribution < 1.29 is 9.59 Å². The average Bonchev–Trinajstić information content (AvgIpc) is 2.84. The van der Waals surface area contributed by atoms with E-state index < -0.39 is 10.8 Å². The van der Waals surface area contributed by atoms with Crippen LogP contribution in [0.2, 0.25) is 0 Å². The molecular weight excluding hydrogens is 386 g/mol. The predicted molar refractivity (Wildman–Crippen MR) is 122 cm³/mol. The summed E-state index contributed by atoms with van der Waals surface area (Å²) in [5.74, 6) is 0.122. The maximum atomic E-state index is 14.2. The Morgan fingerprint density at radius 2 is 1.65 bits per heavy atom. The number of amides is 2. The first kappa shape index (κ1) is 21.5. The molecular formula is C26H33N3O2. The van der Waals surface area contributed by atoms with Gasteiger partial charge in [-0.1, -0.05) is 55.2 Å². The van der Waals surface area contributed by atoms with Crippen LogP contribution in [0.5, 0.6) is 0 Å². The van der Waals surface area contributed by atoms with Crippen LogP contribution in [0.3, 0.4) is 0 Å². The summed E-state index contributed by atoms with van der Waals surface area (Å²) in [4.78, 5) is 33.8. The molecule has 1 N–H and O–H groups in total. The van der Waals surface area contributed by atoms with Gasteiger partial charge in [0.25, 0.3) is 0 Å². The fraction of sp³-hybridized carbons (Fsp3) is 0.500. The second-order valence-corrected chi connectivity index (χ2v) is 9.22. The molecule has 1 saturated heterocycles. The molecule has 0 radical (unpaired) electrons. The lowest BCUT2D eigenvalue weighted by Crippen LogP contribution is -2.59. The third-order valence-electron chi connectivity index (χ3n) is 7.32. The highest BCUT2D eigenvalue weighted by atomic mass is 16.2. The van der Waals surface area contributed by atoms with Gasteiger partial charge in [0, 0.05) is 26.3 Å². The van der Waals surface area contributed by atoms with Crippen LogP contribution in [0, 0.1) is 6.92 Å². The number of aromatic nitrogens is 1. The van der Waals surface area contributed by atoms with E-state index in [0.29, 0.717) is 19.5 Å². The first-order chi connectivity index (χ1) is 15.0. The van der Waals surface area contributed by atoms with Crippen LogP contribution in [0.4, 0.5) is 0 Å². The summed E-state index contributed by atoms with van der Waals surface area (Å²) in [5, 5.41) is 2.84. The van der Waals surface area contributed by atoms with E-state index in [4.69, 9.17) is 0 Å². The van der Waals surface area contributed by atoms with Crippen LogP contribution in [0.1, 0.15) is 61.8 Å². The highest BCUT2D eigenvalue weighted by Gasteiger charge is 2.50. The molecule has 164 valence electrons. The number of hydrogen-bond acceptors (Lipinski definition) is 3. The van der Waals surface area contributed by atoms with Gasteiger partial charge in [-0.2, -0.15) is 0 Å². The molecule has 1 atom stereocenters. The lowest BCUT2D eigenvalue weighted by molar-refractivity contribution is -0.143. The number of rotatable bonds is 4. The zero-order valence-electron chi connectivity index (χ0n) is 18.7. The molecule has 2 aliphatic rings. The molecule has 2 aromatic rings. The van der Waals surface area contributed by atoms with Crippen LogP contribution in [-0.4, -0.2) is 41.8 Å². The van der Waals surface area contributed by atoms with Crippen LogP contribution >= 0.6 is 0 Å². The van der Waals surface area contributed by atoms with Gasteiger partial charge >= 0.3 is 0 Å². The van der Waals surface area contributed by atoms with Crippen molar-refractivity contribution in [2.75, 3.05) is 20.1 Å². The van der Waals surface area contributed by atoms with Gasteiger partial charge in [0.05, 0.1) is 11.1 Å². The Hall–Kier alpha value is -2.69. The fourth-order valence-corrected chi connectivity index (χ4v) is 5.58. The number of carbonyl (C=O) groups is 2. The molecule has 1 aromatic carbocycles. The Kier molecular flexibility index (Phi) is 6.12. The average molecular weight is 420 g/mol. The van der Waals surface area contributed by atoms with Gasteiger partial charge in [-0.25, -0.2) is 0 Å². The lowest BCUT2D eigenvalue weighted by Gasteiger charge is -2.46. The molecule has 0 unspecified atom stereocenters.